The lowest BCUT2D eigenvalue weighted by Gasteiger charge is -2.14. The quantitative estimate of drug-likeness (QED) is 0.581. The molecule has 0 aliphatic rings. The van der Waals surface area contributed by atoms with Crippen LogP contribution in [-0.4, -0.2) is 11.3 Å². The van der Waals surface area contributed by atoms with Gasteiger partial charge in [0.2, 0.25) is 0 Å². The van der Waals surface area contributed by atoms with E-state index in [1.165, 1.54) is 0 Å². The van der Waals surface area contributed by atoms with Crippen molar-refractivity contribution in [1.82, 2.24) is 0 Å². The predicted molar refractivity (Wildman–Crippen MR) is 44.0 cm³/mol. The van der Waals surface area contributed by atoms with Gasteiger partial charge >= 0.3 is 0 Å². The number of hydrogen-bond donors (Lipinski definition) is 2. The van der Waals surface area contributed by atoms with E-state index in [1.807, 2.05) is 0 Å². The molecule has 0 rings (SSSR count). The summed E-state index contributed by atoms with van der Waals surface area (Å²) in [7, 11) is 0. The molecule has 0 fully saturated rings. The Morgan fingerprint density at radius 2 is 1.88 bits per heavy atom. The SMILES string of the molecule is CC(C)(S)CCN.Cl. The third-order valence-electron chi connectivity index (χ3n) is 0.756. The van der Waals surface area contributed by atoms with Crippen molar-refractivity contribution in [2.24, 2.45) is 5.73 Å². The van der Waals surface area contributed by atoms with Gasteiger partial charge < -0.3 is 5.73 Å². The van der Waals surface area contributed by atoms with Crippen molar-refractivity contribution in [2.75, 3.05) is 6.54 Å². The molecule has 52 valence electrons. The van der Waals surface area contributed by atoms with E-state index in [1.54, 1.807) is 0 Å². The lowest BCUT2D eigenvalue weighted by molar-refractivity contribution is 0.655. The second-order valence-corrected chi connectivity index (χ2v) is 3.56. The number of halogens is 1. The zero-order chi connectivity index (χ0) is 5.91. The minimum Gasteiger partial charge on any atom is -0.330 e. The zero-order valence-corrected chi connectivity index (χ0v) is 7.06. The van der Waals surface area contributed by atoms with Crippen molar-refractivity contribution in [3.8, 4) is 0 Å². The molecule has 0 saturated carbocycles. The first-order chi connectivity index (χ1) is 3.06. The highest BCUT2D eigenvalue weighted by Gasteiger charge is 2.07. The number of hydrogen-bond acceptors (Lipinski definition) is 2. The molecule has 0 aromatic rings. The Kier molecular flexibility index (Phi) is 6.38. The molecule has 1 nitrogen and oxygen atoms in total. The summed E-state index contributed by atoms with van der Waals surface area (Å²) < 4.78 is 0.120. The molecule has 0 heterocycles. The largest absolute Gasteiger partial charge is 0.330 e. The molecule has 0 aliphatic carbocycles. The maximum Gasteiger partial charge on any atom is 0.00851 e. The maximum absolute atomic E-state index is 5.27. The number of rotatable bonds is 2. The molecule has 8 heavy (non-hydrogen) atoms. The standard InChI is InChI=1S/C5H13NS.ClH/c1-5(2,7)3-4-6;/h7H,3-4,6H2,1-2H3;1H. The molecule has 0 radical (unpaired) electrons. The molecule has 0 unspecified atom stereocenters. The molecular formula is C5H14ClNS. The number of thiol groups is 1. The fraction of sp³-hybridized carbons (Fsp3) is 1.00. The summed E-state index contributed by atoms with van der Waals surface area (Å²) in [4.78, 5) is 0. The topological polar surface area (TPSA) is 26.0 Å². The summed E-state index contributed by atoms with van der Waals surface area (Å²) in [5.74, 6) is 0. The second-order valence-electron chi connectivity index (χ2n) is 2.35. The zero-order valence-electron chi connectivity index (χ0n) is 5.35. The monoisotopic (exact) mass is 155 g/mol. The smallest absolute Gasteiger partial charge is 0.00851 e. The molecule has 0 spiro atoms. The fourth-order valence-corrected chi connectivity index (χ4v) is 0.482. The minimum atomic E-state index is 0. The fourth-order valence-electron chi connectivity index (χ4n) is 0.353. The Hall–Kier alpha value is 0.600. The summed E-state index contributed by atoms with van der Waals surface area (Å²) in [5, 5.41) is 0. The van der Waals surface area contributed by atoms with Crippen LogP contribution in [-0.2, 0) is 0 Å². The van der Waals surface area contributed by atoms with Gasteiger partial charge in [-0.3, -0.25) is 0 Å². The van der Waals surface area contributed by atoms with Crippen LogP contribution < -0.4 is 5.73 Å². The van der Waals surface area contributed by atoms with E-state index in [0.29, 0.717) is 0 Å². The first-order valence-electron chi connectivity index (χ1n) is 2.49. The van der Waals surface area contributed by atoms with Crippen LogP contribution in [0.1, 0.15) is 20.3 Å². The van der Waals surface area contributed by atoms with Gasteiger partial charge in [-0.25, -0.2) is 0 Å². The van der Waals surface area contributed by atoms with E-state index < -0.39 is 0 Å². The van der Waals surface area contributed by atoms with E-state index in [9.17, 15) is 0 Å². The van der Waals surface area contributed by atoms with E-state index in [2.05, 4.69) is 26.5 Å². The van der Waals surface area contributed by atoms with Gasteiger partial charge in [-0.15, -0.1) is 12.4 Å². The van der Waals surface area contributed by atoms with Gasteiger partial charge in [-0.1, -0.05) is 13.8 Å². The van der Waals surface area contributed by atoms with Gasteiger partial charge in [0.25, 0.3) is 0 Å². The van der Waals surface area contributed by atoms with Crippen LogP contribution in [0.2, 0.25) is 0 Å². The van der Waals surface area contributed by atoms with Gasteiger partial charge in [-0.05, 0) is 13.0 Å². The molecule has 0 saturated heterocycles. The molecule has 3 heteroatoms. The van der Waals surface area contributed by atoms with Gasteiger partial charge in [-0.2, -0.15) is 12.6 Å². The first-order valence-corrected chi connectivity index (χ1v) is 2.93. The van der Waals surface area contributed by atoms with Crippen molar-refractivity contribution in [2.45, 2.75) is 25.0 Å². The van der Waals surface area contributed by atoms with Crippen LogP contribution in [0.4, 0.5) is 0 Å². The Morgan fingerprint density at radius 1 is 1.50 bits per heavy atom. The van der Waals surface area contributed by atoms with Crippen LogP contribution >= 0.6 is 25.0 Å². The van der Waals surface area contributed by atoms with Crippen molar-refractivity contribution in [3.05, 3.63) is 0 Å². The molecular weight excluding hydrogens is 142 g/mol. The van der Waals surface area contributed by atoms with E-state index >= 15 is 0 Å². The molecule has 0 aromatic heterocycles. The van der Waals surface area contributed by atoms with Crippen molar-refractivity contribution < 1.29 is 0 Å². The summed E-state index contributed by atoms with van der Waals surface area (Å²) >= 11 is 4.25. The Bertz CT molecular complexity index is 50.9. The highest BCUT2D eigenvalue weighted by atomic mass is 35.5. The van der Waals surface area contributed by atoms with Crippen LogP contribution in [0.25, 0.3) is 0 Å². The normalized spacial score (nSPS) is 10.5. The first kappa shape index (κ1) is 11.4. The van der Waals surface area contributed by atoms with Crippen LogP contribution in [0.5, 0.6) is 0 Å². The molecule has 2 N–H and O–H groups in total. The molecule has 0 aromatic carbocycles. The van der Waals surface area contributed by atoms with Crippen molar-refractivity contribution >= 4 is 25.0 Å². The lowest BCUT2D eigenvalue weighted by Crippen LogP contribution is -2.16. The molecule has 0 atom stereocenters. The minimum absolute atomic E-state index is 0. The average Bonchev–Trinajstić information content (AvgIpc) is 1.30. The molecule has 0 bridgehead atoms. The number of nitrogens with two attached hydrogens (primary N) is 1. The molecule has 0 aliphatic heterocycles. The predicted octanol–water partition coefficient (Wildman–Crippen LogP) is 1.47. The summed E-state index contributed by atoms with van der Waals surface area (Å²) in [6, 6.07) is 0. The average molecular weight is 156 g/mol. The third kappa shape index (κ3) is 9.78. The maximum atomic E-state index is 5.27. The van der Waals surface area contributed by atoms with Crippen LogP contribution in [0.3, 0.4) is 0 Å². The lowest BCUT2D eigenvalue weighted by atomic mass is 10.1. The molecule has 0 amide bonds. The summed E-state index contributed by atoms with van der Waals surface area (Å²) in [6.07, 6.45) is 0.982. The van der Waals surface area contributed by atoms with Crippen molar-refractivity contribution in [1.29, 1.82) is 0 Å². The van der Waals surface area contributed by atoms with Gasteiger partial charge in [0.1, 0.15) is 0 Å². The van der Waals surface area contributed by atoms with Crippen LogP contribution in [0.15, 0.2) is 0 Å². The van der Waals surface area contributed by atoms with E-state index in [-0.39, 0.29) is 17.2 Å². The van der Waals surface area contributed by atoms with Gasteiger partial charge in [0.05, 0.1) is 0 Å². The highest BCUT2D eigenvalue weighted by molar-refractivity contribution is 7.81. The highest BCUT2D eigenvalue weighted by Crippen LogP contribution is 2.14. The third-order valence-corrected chi connectivity index (χ3v) is 0.980. The summed E-state index contributed by atoms with van der Waals surface area (Å²) in [6.45, 7) is 4.85. The van der Waals surface area contributed by atoms with Crippen LogP contribution in [0, 0.1) is 0 Å². The Balaban J connectivity index is 0. The van der Waals surface area contributed by atoms with E-state index in [0.717, 1.165) is 13.0 Å². The Morgan fingerprint density at radius 3 is 1.88 bits per heavy atom. The summed E-state index contributed by atoms with van der Waals surface area (Å²) in [5.41, 5.74) is 5.27. The van der Waals surface area contributed by atoms with Gasteiger partial charge in [0.15, 0.2) is 0 Å². The second kappa shape index (κ2) is 4.48. The van der Waals surface area contributed by atoms with E-state index in [4.69, 9.17) is 5.73 Å². The van der Waals surface area contributed by atoms with Gasteiger partial charge in [0, 0.05) is 4.75 Å². The van der Waals surface area contributed by atoms with Crippen molar-refractivity contribution in [3.63, 3.8) is 0 Å². The Labute approximate surface area is 62.8 Å².